The Labute approximate surface area is 158 Å². The number of aliphatic hydroxyl groups is 1. The molecule has 0 unspecified atom stereocenters. The minimum Gasteiger partial charge on any atom is -0.395 e. The van der Waals surface area contributed by atoms with E-state index in [4.69, 9.17) is 5.11 Å². The standard InChI is InChI=1S/C19H15BrN2O4/c20-13-6-7-15(14(10-13)18(25)12-4-2-1-3-5-12)21-16-11-17(24)22(8-9-23)19(16)26/h1-7,10-11,21,23H,8-9H2. The van der Waals surface area contributed by atoms with Gasteiger partial charge in [0.1, 0.15) is 5.70 Å². The number of carbonyl (C=O) groups excluding carboxylic acids is 3. The number of hydrogen-bond acceptors (Lipinski definition) is 5. The van der Waals surface area contributed by atoms with Crippen molar-refractivity contribution in [2.75, 3.05) is 18.5 Å². The first-order valence-electron chi connectivity index (χ1n) is 7.86. The number of nitrogens with zero attached hydrogens (tertiary/aromatic N) is 1. The largest absolute Gasteiger partial charge is 0.395 e. The van der Waals surface area contributed by atoms with Gasteiger partial charge in [-0.05, 0) is 18.2 Å². The molecule has 0 aromatic heterocycles. The van der Waals surface area contributed by atoms with Crippen LogP contribution < -0.4 is 5.32 Å². The zero-order chi connectivity index (χ0) is 18.7. The summed E-state index contributed by atoms with van der Waals surface area (Å²) in [6.07, 6.45) is 1.16. The molecule has 1 aliphatic heterocycles. The molecular formula is C19H15BrN2O4. The van der Waals surface area contributed by atoms with Gasteiger partial charge in [-0.2, -0.15) is 0 Å². The molecule has 1 aliphatic rings. The second-order valence-corrected chi connectivity index (χ2v) is 6.50. The third-order valence-corrected chi connectivity index (χ3v) is 4.36. The van der Waals surface area contributed by atoms with Crippen LogP contribution >= 0.6 is 15.9 Å². The monoisotopic (exact) mass is 414 g/mol. The quantitative estimate of drug-likeness (QED) is 0.559. The van der Waals surface area contributed by atoms with Gasteiger partial charge in [-0.15, -0.1) is 0 Å². The van der Waals surface area contributed by atoms with Crippen LogP contribution in [0.2, 0.25) is 0 Å². The van der Waals surface area contributed by atoms with Gasteiger partial charge < -0.3 is 10.4 Å². The van der Waals surface area contributed by atoms with Crippen LogP contribution in [0, 0.1) is 0 Å². The number of aliphatic hydroxyl groups excluding tert-OH is 1. The average Bonchev–Trinajstić information content (AvgIpc) is 2.91. The van der Waals surface area contributed by atoms with Crippen LogP contribution in [0.15, 0.2) is 64.8 Å². The van der Waals surface area contributed by atoms with Crippen LogP contribution in [-0.2, 0) is 9.59 Å². The van der Waals surface area contributed by atoms with Crippen LogP contribution in [0.25, 0.3) is 0 Å². The lowest BCUT2D eigenvalue weighted by Crippen LogP contribution is -2.34. The lowest BCUT2D eigenvalue weighted by molar-refractivity contribution is -0.137. The minimum atomic E-state index is -0.537. The van der Waals surface area contributed by atoms with E-state index in [-0.39, 0.29) is 24.6 Å². The van der Waals surface area contributed by atoms with Gasteiger partial charge in [0.2, 0.25) is 0 Å². The van der Waals surface area contributed by atoms with Crippen molar-refractivity contribution in [1.82, 2.24) is 4.90 Å². The van der Waals surface area contributed by atoms with E-state index in [1.165, 1.54) is 0 Å². The molecular weight excluding hydrogens is 400 g/mol. The van der Waals surface area contributed by atoms with Crippen molar-refractivity contribution in [1.29, 1.82) is 0 Å². The van der Waals surface area contributed by atoms with Crippen molar-refractivity contribution < 1.29 is 19.5 Å². The van der Waals surface area contributed by atoms with Crippen LogP contribution in [0.5, 0.6) is 0 Å². The number of nitrogens with one attached hydrogen (secondary N) is 1. The fourth-order valence-corrected chi connectivity index (χ4v) is 2.97. The predicted octanol–water partition coefficient (Wildman–Crippen LogP) is 2.34. The fraction of sp³-hybridized carbons (Fsp3) is 0.105. The van der Waals surface area contributed by atoms with E-state index in [1.807, 2.05) is 6.07 Å². The molecule has 2 aromatic rings. The maximum atomic E-state index is 12.8. The molecule has 0 saturated heterocycles. The summed E-state index contributed by atoms with van der Waals surface area (Å²) in [5, 5.41) is 11.9. The molecule has 26 heavy (non-hydrogen) atoms. The van der Waals surface area contributed by atoms with Crippen LogP contribution in [0.1, 0.15) is 15.9 Å². The number of halogens is 1. The maximum absolute atomic E-state index is 12.8. The van der Waals surface area contributed by atoms with Gasteiger partial charge in [-0.25, -0.2) is 0 Å². The molecule has 0 bridgehead atoms. The summed E-state index contributed by atoms with van der Waals surface area (Å²) < 4.78 is 0.715. The number of amides is 2. The molecule has 6 nitrogen and oxygen atoms in total. The second-order valence-electron chi connectivity index (χ2n) is 5.59. The molecule has 0 spiro atoms. The summed E-state index contributed by atoms with van der Waals surface area (Å²) >= 11 is 3.35. The SMILES string of the molecule is O=C(c1ccccc1)c1cc(Br)ccc1NC1=CC(=O)N(CCO)C1=O. The highest BCUT2D eigenvalue weighted by Crippen LogP contribution is 2.26. The molecule has 0 atom stereocenters. The van der Waals surface area contributed by atoms with Gasteiger partial charge in [0.05, 0.1) is 13.2 Å². The topological polar surface area (TPSA) is 86.7 Å². The molecule has 0 radical (unpaired) electrons. The lowest BCUT2D eigenvalue weighted by Gasteiger charge is -2.15. The molecule has 2 amide bonds. The zero-order valence-electron chi connectivity index (χ0n) is 13.6. The van der Waals surface area contributed by atoms with E-state index in [0.717, 1.165) is 11.0 Å². The third-order valence-electron chi connectivity index (χ3n) is 3.86. The molecule has 2 aromatic carbocycles. The number of β-amino-alcohol motifs (C(OH)–C–C–N with tert-alkyl or cyclic N) is 1. The van der Waals surface area contributed by atoms with Gasteiger partial charge in [-0.3, -0.25) is 19.3 Å². The fourth-order valence-electron chi connectivity index (χ4n) is 2.61. The molecule has 3 rings (SSSR count). The van der Waals surface area contributed by atoms with Crippen LogP contribution in [0.3, 0.4) is 0 Å². The number of hydrogen-bond donors (Lipinski definition) is 2. The normalized spacial score (nSPS) is 13.8. The number of carbonyl (C=O) groups is 3. The lowest BCUT2D eigenvalue weighted by atomic mass is 10.0. The van der Waals surface area contributed by atoms with Gasteiger partial charge in [-0.1, -0.05) is 46.3 Å². The molecule has 0 saturated carbocycles. The number of rotatable bonds is 6. The van der Waals surface area contributed by atoms with Crippen molar-refractivity contribution in [3.63, 3.8) is 0 Å². The molecule has 1 heterocycles. The van der Waals surface area contributed by atoms with Crippen LogP contribution in [0.4, 0.5) is 5.69 Å². The van der Waals surface area contributed by atoms with Gasteiger partial charge in [0, 0.05) is 27.4 Å². The van der Waals surface area contributed by atoms with E-state index in [0.29, 0.717) is 21.3 Å². The Kier molecular flexibility index (Phi) is 5.29. The Morgan fingerprint density at radius 2 is 1.85 bits per heavy atom. The molecule has 0 fully saturated rings. The average molecular weight is 415 g/mol. The Morgan fingerprint density at radius 3 is 2.54 bits per heavy atom. The minimum absolute atomic E-state index is 0.0629. The van der Waals surface area contributed by atoms with Crippen molar-refractivity contribution >= 4 is 39.2 Å². The smallest absolute Gasteiger partial charge is 0.277 e. The number of anilines is 1. The Morgan fingerprint density at radius 1 is 1.12 bits per heavy atom. The summed E-state index contributed by atoms with van der Waals surface area (Å²) in [4.78, 5) is 37.9. The number of ketones is 1. The number of imide groups is 1. The van der Waals surface area contributed by atoms with E-state index >= 15 is 0 Å². The summed E-state index contributed by atoms with van der Waals surface area (Å²) in [6, 6.07) is 13.8. The van der Waals surface area contributed by atoms with Crippen molar-refractivity contribution in [3.05, 3.63) is 75.9 Å². The van der Waals surface area contributed by atoms with Gasteiger partial charge >= 0.3 is 0 Å². The number of benzene rings is 2. The highest BCUT2D eigenvalue weighted by Gasteiger charge is 2.31. The highest BCUT2D eigenvalue weighted by atomic mass is 79.9. The first kappa shape index (κ1) is 18.0. The summed E-state index contributed by atoms with van der Waals surface area (Å²) in [6.45, 7) is -0.385. The summed E-state index contributed by atoms with van der Waals surface area (Å²) in [7, 11) is 0. The second kappa shape index (κ2) is 7.63. The van der Waals surface area contributed by atoms with Crippen LogP contribution in [-0.4, -0.2) is 40.8 Å². The first-order valence-corrected chi connectivity index (χ1v) is 8.65. The molecule has 7 heteroatoms. The molecule has 0 aliphatic carbocycles. The molecule has 132 valence electrons. The Balaban J connectivity index is 1.92. The zero-order valence-corrected chi connectivity index (χ0v) is 15.2. The highest BCUT2D eigenvalue weighted by molar-refractivity contribution is 9.10. The van der Waals surface area contributed by atoms with Gasteiger partial charge in [0.25, 0.3) is 11.8 Å². The summed E-state index contributed by atoms with van der Waals surface area (Å²) in [5.41, 5.74) is 1.36. The van der Waals surface area contributed by atoms with Crippen molar-refractivity contribution in [3.8, 4) is 0 Å². The predicted molar refractivity (Wildman–Crippen MR) is 99.5 cm³/mol. The van der Waals surface area contributed by atoms with Crippen molar-refractivity contribution in [2.24, 2.45) is 0 Å². The molecule has 2 N–H and O–H groups in total. The summed E-state index contributed by atoms with van der Waals surface area (Å²) in [5.74, 6) is -1.25. The van der Waals surface area contributed by atoms with E-state index < -0.39 is 11.8 Å². The Hall–Kier alpha value is -2.77. The Bertz CT molecular complexity index is 909. The van der Waals surface area contributed by atoms with Gasteiger partial charge in [0.15, 0.2) is 5.78 Å². The van der Waals surface area contributed by atoms with E-state index in [2.05, 4.69) is 21.2 Å². The third kappa shape index (κ3) is 3.58. The van der Waals surface area contributed by atoms with E-state index in [9.17, 15) is 14.4 Å². The van der Waals surface area contributed by atoms with E-state index in [1.54, 1.807) is 42.5 Å². The maximum Gasteiger partial charge on any atom is 0.277 e. The van der Waals surface area contributed by atoms with Crippen molar-refractivity contribution in [2.45, 2.75) is 0 Å². The first-order chi connectivity index (χ1) is 12.5.